The van der Waals surface area contributed by atoms with Gasteiger partial charge in [0.25, 0.3) is 0 Å². The minimum atomic E-state index is 0.590. The van der Waals surface area contributed by atoms with Crippen molar-refractivity contribution in [3.05, 3.63) is 22.2 Å². The molecule has 19 heavy (non-hydrogen) atoms. The zero-order valence-electron chi connectivity index (χ0n) is 11.1. The summed E-state index contributed by atoms with van der Waals surface area (Å²) in [5.74, 6) is 0.590. The van der Waals surface area contributed by atoms with Crippen LogP contribution in [0.3, 0.4) is 0 Å². The molecule has 98 valence electrons. The minimum absolute atomic E-state index is 0.590. The highest BCUT2D eigenvalue weighted by molar-refractivity contribution is 7.19. The zero-order valence-corrected chi connectivity index (χ0v) is 11.9. The van der Waals surface area contributed by atoms with E-state index in [0.29, 0.717) is 16.5 Å². The molecule has 0 bridgehead atoms. The summed E-state index contributed by atoms with van der Waals surface area (Å²) < 4.78 is 0. The van der Waals surface area contributed by atoms with Gasteiger partial charge in [-0.1, -0.05) is 13.3 Å². The van der Waals surface area contributed by atoms with Gasteiger partial charge in [0.1, 0.15) is 15.8 Å². The lowest BCUT2D eigenvalue weighted by Crippen LogP contribution is -2.11. The van der Waals surface area contributed by atoms with Crippen LogP contribution in [-0.2, 0) is 6.42 Å². The number of fused-ring (bicyclic) bond motifs is 2. The van der Waals surface area contributed by atoms with E-state index in [4.69, 9.17) is 16.0 Å². The van der Waals surface area contributed by atoms with Crippen LogP contribution in [0.25, 0.3) is 10.2 Å². The highest BCUT2D eigenvalue weighted by Crippen LogP contribution is 2.39. The van der Waals surface area contributed by atoms with E-state index in [1.165, 1.54) is 48.3 Å². The second kappa shape index (κ2) is 4.82. The largest absolute Gasteiger partial charge is 0.396 e. The van der Waals surface area contributed by atoms with Crippen LogP contribution in [0.1, 0.15) is 54.7 Å². The molecule has 1 unspecified atom stereocenters. The number of hydrogen-bond donors (Lipinski definition) is 1. The third kappa shape index (κ3) is 1.98. The van der Waals surface area contributed by atoms with Crippen LogP contribution in [0, 0.1) is 11.3 Å². The summed E-state index contributed by atoms with van der Waals surface area (Å²) in [6.07, 6.45) is 5.97. The van der Waals surface area contributed by atoms with E-state index in [0.717, 1.165) is 16.6 Å². The number of anilines is 1. The topological polar surface area (TPSA) is 62.7 Å². The second-order valence-electron chi connectivity index (χ2n) is 5.22. The van der Waals surface area contributed by atoms with Gasteiger partial charge in [0.2, 0.25) is 0 Å². The van der Waals surface area contributed by atoms with Crippen LogP contribution < -0.4 is 5.73 Å². The molecule has 0 saturated carbocycles. The second-order valence-corrected chi connectivity index (χ2v) is 6.22. The molecule has 0 spiro atoms. The standard InChI is InChI=1S/C15H17N3S/c1-2-4-9-5-3-6-10-7-11-13(17)12(8-16)19-15(11)18-14(9)10/h7,9H,2-6,17H2,1H3. The van der Waals surface area contributed by atoms with Gasteiger partial charge in [-0.25, -0.2) is 4.98 Å². The van der Waals surface area contributed by atoms with Gasteiger partial charge in [-0.3, -0.25) is 0 Å². The van der Waals surface area contributed by atoms with Gasteiger partial charge in [0.15, 0.2) is 0 Å². The lowest BCUT2D eigenvalue weighted by molar-refractivity contribution is 0.504. The Morgan fingerprint density at radius 3 is 3.16 bits per heavy atom. The number of thiophene rings is 1. The van der Waals surface area contributed by atoms with Crippen molar-refractivity contribution in [1.29, 1.82) is 5.26 Å². The number of hydrogen-bond acceptors (Lipinski definition) is 4. The first kappa shape index (κ1) is 12.4. The molecule has 0 aliphatic heterocycles. The molecule has 2 aromatic rings. The van der Waals surface area contributed by atoms with Gasteiger partial charge < -0.3 is 5.73 Å². The summed E-state index contributed by atoms with van der Waals surface area (Å²) >= 11 is 1.42. The normalized spacial score (nSPS) is 18.2. The van der Waals surface area contributed by atoms with Crippen molar-refractivity contribution in [1.82, 2.24) is 4.98 Å². The minimum Gasteiger partial charge on any atom is -0.396 e. The molecule has 0 saturated heterocycles. The number of nitrogens with zero attached hydrogens (tertiary/aromatic N) is 2. The van der Waals surface area contributed by atoms with Gasteiger partial charge in [-0.2, -0.15) is 5.26 Å². The van der Waals surface area contributed by atoms with Crippen LogP contribution in [0.2, 0.25) is 0 Å². The van der Waals surface area contributed by atoms with E-state index in [1.54, 1.807) is 0 Å². The molecule has 1 aliphatic rings. The van der Waals surface area contributed by atoms with Crippen molar-refractivity contribution >= 4 is 27.2 Å². The van der Waals surface area contributed by atoms with Gasteiger partial charge in [-0.15, -0.1) is 11.3 Å². The highest BCUT2D eigenvalue weighted by Gasteiger charge is 2.23. The number of nitriles is 1. The Balaban J connectivity index is 2.17. The van der Waals surface area contributed by atoms with E-state index in [2.05, 4.69) is 19.1 Å². The average Bonchev–Trinajstić information content (AvgIpc) is 2.74. The number of rotatable bonds is 2. The van der Waals surface area contributed by atoms with Gasteiger partial charge in [0.05, 0.1) is 5.69 Å². The lowest BCUT2D eigenvalue weighted by atomic mass is 9.84. The monoisotopic (exact) mass is 271 g/mol. The summed E-state index contributed by atoms with van der Waals surface area (Å²) in [6.45, 7) is 2.23. The molecule has 4 heteroatoms. The number of aryl methyl sites for hydroxylation is 1. The fourth-order valence-electron chi connectivity index (χ4n) is 3.04. The Morgan fingerprint density at radius 1 is 1.58 bits per heavy atom. The SMILES string of the molecule is CCCC1CCCc2cc3c(N)c(C#N)sc3nc21. The smallest absolute Gasteiger partial charge is 0.130 e. The fraction of sp³-hybridized carbons (Fsp3) is 0.467. The maximum absolute atomic E-state index is 9.07. The van der Waals surface area contributed by atoms with Crippen molar-refractivity contribution < 1.29 is 0 Å². The van der Waals surface area contributed by atoms with Crippen molar-refractivity contribution in [3.8, 4) is 6.07 Å². The van der Waals surface area contributed by atoms with Crippen molar-refractivity contribution in [2.24, 2.45) is 0 Å². The molecule has 2 aromatic heterocycles. The molecule has 0 aromatic carbocycles. The van der Waals surface area contributed by atoms with Crippen LogP contribution in [-0.4, -0.2) is 4.98 Å². The molecule has 2 N–H and O–H groups in total. The van der Waals surface area contributed by atoms with Gasteiger partial charge in [-0.05, 0) is 37.3 Å². The molecular weight excluding hydrogens is 254 g/mol. The van der Waals surface area contributed by atoms with Crippen LogP contribution >= 0.6 is 11.3 Å². The summed E-state index contributed by atoms with van der Waals surface area (Å²) in [5.41, 5.74) is 9.23. The van der Waals surface area contributed by atoms with Crippen LogP contribution in [0.15, 0.2) is 6.07 Å². The van der Waals surface area contributed by atoms with E-state index >= 15 is 0 Å². The Kier molecular flexibility index (Phi) is 3.16. The lowest BCUT2D eigenvalue weighted by Gasteiger charge is -2.24. The Bertz CT molecular complexity index is 666. The van der Waals surface area contributed by atoms with Crippen molar-refractivity contribution in [3.63, 3.8) is 0 Å². The van der Waals surface area contributed by atoms with Gasteiger partial charge >= 0.3 is 0 Å². The summed E-state index contributed by atoms with van der Waals surface area (Å²) in [5, 5.41) is 10.0. The third-order valence-corrected chi connectivity index (χ3v) is 4.98. The number of aromatic nitrogens is 1. The van der Waals surface area contributed by atoms with E-state index in [-0.39, 0.29) is 0 Å². The van der Waals surface area contributed by atoms with Crippen molar-refractivity contribution in [2.45, 2.75) is 44.9 Å². The van der Waals surface area contributed by atoms with E-state index in [9.17, 15) is 0 Å². The van der Waals surface area contributed by atoms with Crippen LogP contribution in [0.4, 0.5) is 5.69 Å². The number of nitrogen functional groups attached to an aromatic ring is 1. The number of pyridine rings is 1. The summed E-state index contributed by atoms with van der Waals surface area (Å²) in [6, 6.07) is 4.34. The van der Waals surface area contributed by atoms with E-state index in [1.807, 2.05) is 0 Å². The first-order chi connectivity index (χ1) is 9.24. The molecule has 3 rings (SSSR count). The zero-order chi connectivity index (χ0) is 13.4. The third-order valence-electron chi connectivity index (χ3n) is 3.96. The fourth-order valence-corrected chi connectivity index (χ4v) is 3.92. The molecule has 0 fully saturated rings. The molecule has 0 amide bonds. The molecule has 1 atom stereocenters. The predicted molar refractivity (Wildman–Crippen MR) is 79.3 cm³/mol. The van der Waals surface area contributed by atoms with Crippen molar-refractivity contribution in [2.75, 3.05) is 5.73 Å². The Morgan fingerprint density at radius 2 is 2.42 bits per heavy atom. The quantitative estimate of drug-likeness (QED) is 0.898. The summed E-state index contributed by atoms with van der Waals surface area (Å²) in [4.78, 5) is 6.35. The van der Waals surface area contributed by atoms with E-state index < -0.39 is 0 Å². The predicted octanol–water partition coefficient (Wildman–Crippen LogP) is 3.97. The van der Waals surface area contributed by atoms with Crippen LogP contribution in [0.5, 0.6) is 0 Å². The summed E-state index contributed by atoms with van der Waals surface area (Å²) in [7, 11) is 0. The maximum Gasteiger partial charge on any atom is 0.130 e. The van der Waals surface area contributed by atoms with Gasteiger partial charge in [0, 0.05) is 17.0 Å². The number of nitrogens with two attached hydrogens (primary N) is 1. The molecule has 2 heterocycles. The Labute approximate surface area is 117 Å². The highest BCUT2D eigenvalue weighted by atomic mass is 32.1. The molecule has 0 radical (unpaired) electrons. The first-order valence-corrected chi connectivity index (χ1v) is 7.68. The first-order valence-electron chi connectivity index (χ1n) is 6.86. The maximum atomic E-state index is 9.07. The Hall–Kier alpha value is -1.60. The molecular formula is C15H17N3S. The molecule has 3 nitrogen and oxygen atoms in total. The average molecular weight is 271 g/mol. The molecule has 1 aliphatic carbocycles.